The number of nitriles is 1. The van der Waals surface area contributed by atoms with Crippen LogP contribution in [-0.2, 0) is 6.54 Å². The Morgan fingerprint density at radius 1 is 1.07 bits per heavy atom. The van der Waals surface area contributed by atoms with Crippen LogP contribution < -0.4 is 5.56 Å². The van der Waals surface area contributed by atoms with Gasteiger partial charge in [0.25, 0.3) is 5.56 Å². The van der Waals surface area contributed by atoms with E-state index in [0.717, 1.165) is 16.7 Å². The predicted octanol–water partition coefficient (Wildman–Crippen LogP) is 4.06. The van der Waals surface area contributed by atoms with E-state index >= 15 is 0 Å². The van der Waals surface area contributed by atoms with Crippen molar-refractivity contribution in [1.82, 2.24) is 14.5 Å². The molecule has 1 N–H and O–H groups in total. The number of aromatic nitrogens is 3. The Kier molecular flexibility index (Phi) is 4.77. The van der Waals surface area contributed by atoms with Crippen LogP contribution in [0, 0.1) is 11.3 Å². The van der Waals surface area contributed by atoms with Crippen LogP contribution in [0.2, 0.25) is 0 Å². The van der Waals surface area contributed by atoms with E-state index in [1.54, 1.807) is 4.57 Å². The molecule has 2 aromatic carbocycles. The smallest absolute Gasteiger partial charge is 0.278 e. The second-order valence-corrected chi connectivity index (χ2v) is 6.95. The highest BCUT2D eigenvalue weighted by Gasteiger charge is 2.16. The first-order valence-electron chi connectivity index (χ1n) is 8.49. The normalized spacial score (nSPS) is 10.8. The standard InChI is InChI=1S/C21H16N4OS/c22-11-12-27-21-24-18-17(16-9-5-2-6-10-16)13-23-19(18)20(26)25(21)14-15-7-3-1-4-8-15/h1-10,13,23H,12,14H2. The van der Waals surface area contributed by atoms with Crippen molar-refractivity contribution in [3.05, 3.63) is 82.8 Å². The minimum absolute atomic E-state index is 0.133. The first-order valence-corrected chi connectivity index (χ1v) is 9.47. The number of benzene rings is 2. The average molecular weight is 372 g/mol. The number of nitrogens with one attached hydrogen (secondary N) is 1. The molecule has 0 fully saturated rings. The summed E-state index contributed by atoms with van der Waals surface area (Å²) in [5, 5.41) is 9.54. The molecule has 0 aliphatic heterocycles. The highest BCUT2D eigenvalue weighted by molar-refractivity contribution is 7.99. The average Bonchev–Trinajstić information content (AvgIpc) is 3.14. The van der Waals surface area contributed by atoms with Gasteiger partial charge in [0.1, 0.15) is 11.0 Å². The number of thioether (sulfide) groups is 1. The summed E-state index contributed by atoms with van der Waals surface area (Å²) in [6, 6.07) is 21.7. The van der Waals surface area contributed by atoms with Crippen molar-refractivity contribution < 1.29 is 0 Å². The van der Waals surface area contributed by atoms with E-state index in [0.29, 0.717) is 22.7 Å². The Bertz CT molecular complexity index is 1170. The third kappa shape index (κ3) is 3.37. The summed E-state index contributed by atoms with van der Waals surface area (Å²) >= 11 is 1.28. The molecular formula is C21H16N4OS. The van der Waals surface area contributed by atoms with Crippen molar-refractivity contribution in [2.75, 3.05) is 5.75 Å². The molecule has 27 heavy (non-hydrogen) atoms. The highest BCUT2D eigenvalue weighted by Crippen LogP contribution is 2.27. The monoisotopic (exact) mass is 372 g/mol. The number of hydrogen-bond acceptors (Lipinski definition) is 4. The highest BCUT2D eigenvalue weighted by atomic mass is 32.2. The molecule has 2 aromatic heterocycles. The van der Waals surface area contributed by atoms with Gasteiger partial charge in [0.15, 0.2) is 5.16 Å². The number of fused-ring (bicyclic) bond motifs is 1. The van der Waals surface area contributed by atoms with Gasteiger partial charge in [-0.3, -0.25) is 9.36 Å². The third-order valence-corrected chi connectivity index (χ3v) is 5.13. The molecule has 4 aromatic rings. The molecule has 0 spiro atoms. The zero-order chi connectivity index (χ0) is 18.6. The van der Waals surface area contributed by atoms with Gasteiger partial charge < -0.3 is 4.98 Å². The minimum atomic E-state index is -0.133. The number of hydrogen-bond donors (Lipinski definition) is 1. The Labute approximate surface area is 160 Å². The number of aromatic amines is 1. The molecule has 0 saturated carbocycles. The molecule has 5 nitrogen and oxygen atoms in total. The van der Waals surface area contributed by atoms with E-state index in [-0.39, 0.29) is 11.3 Å². The lowest BCUT2D eigenvalue weighted by atomic mass is 10.1. The summed E-state index contributed by atoms with van der Waals surface area (Å²) < 4.78 is 1.63. The molecular weight excluding hydrogens is 356 g/mol. The lowest BCUT2D eigenvalue weighted by molar-refractivity contribution is 0.658. The van der Waals surface area contributed by atoms with Crippen molar-refractivity contribution in [3.8, 4) is 17.2 Å². The van der Waals surface area contributed by atoms with Crippen molar-refractivity contribution in [2.24, 2.45) is 0 Å². The van der Waals surface area contributed by atoms with Gasteiger partial charge in [0.05, 0.1) is 18.4 Å². The quantitative estimate of drug-likeness (QED) is 0.423. The molecule has 0 aliphatic rings. The largest absolute Gasteiger partial charge is 0.355 e. The second-order valence-electron chi connectivity index (χ2n) is 6.01. The van der Waals surface area contributed by atoms with Crippen LogP contribution >= 0.6 is 11.8 Å². The topological polar surface area (TPSA) is 74.5 Å². The van der Waals surface area contributed by atoms with Crippen molar-refractivity contribution in [1.29, 1.82) is 5.26 Å². The van der Waals surface area contributed by atoms with Crippen LogP contribution in [0.15, 0.2) is 76.8 Å². The molecule has 0 unspecified atom stereocenters. The molecule has 6 heteroatoms. The molecule has 2 heterocycles. The van der Waals surface area contributed by atoms with Gasteiger partial charge in [0, 0.05) is 11.8 Å². The molecule has 0 aliphatic carbocycles. The molecule has 0 amide bonds. The molecule has 0 atom stereocenters. The van der Waals surface area contributed by atoms with Crippen LogP contribution in [0.25, 0.3) is 22.2 Å². The van der Waals surface area contributed by atoms with Crippen molar-refractivity contribution in [3.63, 3.8) is 0 Å². The Balaban J connectivity index is 1.89. The lowest BCUT2D eigenvalue weighted by Crippen LogP contribution is -2.24. The Hall–Kier alpha value is -3.30. The van der Waals surface area contributed by atoms with Crippen molar-refractivity contribution >= 4 is 22.8 Å². The van der Waals surface area contributed by atoms with E-state index in [9.17, 15) is 4.79 Å². The maximum atomic E-state index is 13.2. The molecule has 132 valence electrons. The zero-order valence-corrected chi connectivity index (χ0v) is 15.2. The van der Waals surface area contributed by atoms with Gasteiger partial charge in [-0.1, -0.05) is 72.4 Å². The first kappa shape index (κ1) is 17.1. The Morgan fingerprint density at radius 3 is 2.48 bits per heavy atom. The van der Waals surface area contributed by atoms with Crippen LogP contribution in [0.3, 0.4) is 0 Å². The lowest BCUT2D eigenvalue weighted by Gasteiger charge is -2.11. The van der Waals surface area contributed by atoms with Gasteiger partial charge >= 0.3 is 0 Å². The zero-order valence-electron chi connectivity index (χ0n) is 14.4. The van der Waals surface area contributed by atoms with Crippen LogP contribution in [0.1, 0.15) is 5.56 Å². The fourth-order valence-corrected chi connectivity index (χ4v) is 3.68. The predicted molar refractivity (Wildman–Crippen MR) is 108 cm³/mol. The third-order valence-electron chi connectivity index (χ3n) is 4.28. The first-order chi connectivity index (χ1) is 13.3. The minimum Gasteiger partial charge on any atom is -0.355 e. The van der Waals surface area contributed by atoms with E-state index in [1.807, 2.05) is 66.9 Å². The fourth-order valence-electron chi connectivity index (χ4n) is 3.02. The number of H-pyrrole nitrogens is 1. The van der Waals surface area contributed by atoms with Crippen LogP contribution in [0.5, 0.6) is 0 Å². The fraction of sp³-hybridized carbons (Fsp3) is 0.0952. The molecule has 0 saturated heterocycles. The van der Waals surface area contributed by atoms with Gasteiger partial charge in [-0.05, 0) is 11.1 Å². The van der Waals surface area contributed by atoms with Crippen molar-refractivity contribution in [2.45, 2.75) is 11.7 Å². The van der Waals surface area contributed by atoms with Gasteiger partial charge in [-0.2, -0.15) is 5.26 Å². The summed E-state index contributed by atoms with van der Waals surface area (Å²) in [5.74, 6) is 0.234. The van der Waals surface area contributed by atoms with Crippen LogP contribution in [-0.4, -0.2) is 20.3 Å². The second kappa shape index (κ2) is 7.52. The van der Waals surface area contributed by atoms with Gasteiger partial charge in [-0.15, -0.1) is 0 Å². The summed E-state index contributed by atoms with van der Waals surface area (Å²) in [6.45, 7) is 0.413. The number of nitrogens with zero attached hydrogens (tertiary/aromatic N) is 3. The maximum Gasteiger partial charge on any atom is 0.278 e. The SMILES string of the molecule is N#CCSc1nc2c(-c3ccccc3)c[nH]c2c(=O)n1Cc1ccccc1. The van der Waals surface area contributed by atoms with E-state index in [1.165, 1.54) is 11.8 Å². The van der Waals surface area contributed by atoms with E-state index < -0.39 is 0 Å². The summed E-state index contributed by atoms with van der Waals surface area (Å²) in [5.41, 5.74) is 3.86. The van der Waals surface area contributed by atoms with Crippen LogP contribution in [0.4, 0.5) is 0 Å². The van der Waals surface area contributed by atoms with Gasteiger partial charge in [0.2, 0.25) is 0 Å². The Morgan fingerprint density at radius 2 is 1.78 bits per heavy atom. The van der Waals surface area contributed by atoms with E-state index in [2.05, 4.69) is 11.1 Å². The van der Waals surface area contributed by atoms with E-state index in [4.69, 9.17) is 10.2 Å². The summed E-state index contributed by atoms with van der Waals surface area (Å²) in [7, 11) is 0. The summed E-state index contributed by atoms with van der Waals surface area (Å²) in [6.07, 6.45) is 1.82. The summed E-state index contributed by atoms with van der Waals surface area (Å²) in [4.78, 5) is 21.0. The molecule has 0 bridgehead atoms. The maximum absolute atomic E-state index is 13.2. The van der Waals surface area contributed by atoms with Gasteiger partial charge in [-0.25, -0.2) is 4.98 Å². The molecule has 0 radical (unpaired) electrons. The number of rotatable bonds is 5. The molecule has 4 rings (SSSR count).